The van der Waals surface area contributed by atoms with Crippen molar-refractivity contribution in [2.75, 3.05) is 19.8 Å². The molecule has 30 heavy (non-hydrogen) atoms. The fourth-order valence-corrected chi connectivity index (χ4v) is 5.57. The standard InChI is InChI=1S/C22H26N2O5S/c1-16(25)23-15-17-5-8-19(9-6-17)30(26,27)24-11-2-4-20(24)18-7-10-21-22(14-18)29-13-3-12-28-21/h5-10,14,20H,2-4,11-13,15H2,1H3,(H,23,25). The molecule has 1 fully saturated rings. The van der Waals surface area contributed by atoms with Crippen molar-refractivity contribution in [3.05, 3.63) is 53.6 Å². The van der Waals surface area contributed by atoms with Crippen LogP contribution in [0, 0.1) is 0 Å². The van der Waals surface area contributed by atoms with E-state index in [-0.39, 0.29) is 16.8 Å². The molecule has 8 heteroatoms. The average Bonchev–Trinajstić information content (AvgIpc) is 3.12. The minimum Gasteiger partial charge on any atom is -0.490 e. The second kappa shape index (κ2) is 8.65. The maximum absolute atomic E-state index is 13.3. The number of benzene rings is 2. The van der Waals surface area contributed by atoms with Gasteiger partial charge in [-0.2, -0.15) is 4.31 Å². The van der Waals surface area contributed by atoms with Crippen LogP contribution in [0.5, 0.6) is 11.5 Å². The van der Waals surface area contributed by atoms with Crippen LogP contribution < -0.4 is 14.8 Å². The molecule has 0 saturated carbocycles. The number of carbonyl (C=O) groups is 1. The largest absolute Gasteiger partial charge is 0.490 e. The van der Waals surface area contributed by atoms with E-state index < -0.39 is 10.0 Å². The number of amides is 1. The topological polar surface area (TPSA) is 84.9 Å². The lowest BCUT2D eigenvalue weighted by molar-refractivity contribution is -0.119. The van der Waals surface area contributed by atoms with Gasteiger partial charge in [-0.15, -0.1) is 0 Å². The predicted octanol–water partition coefficient (Wildman–Crippen LogP) is 3.01. The van der Waals surface area contributed by atoms with E-state index in [1.165, 1.54) is 6.92 Å². The molecule has 1 amide bonds. The highest BCUT2D eigenvalue weighted by Gasteiger charge is 2.36. The van der Waals surface area contributed by atoms with Crippen LogP contribution in [0.2, 0.25) is 0 Å². The number of fused-ring (bicyclic) bond motifs is 1. The highest BCUT2D eigenvalue weighted by atomic mass is 32.2. The van der Waals surface area contributed by atoms with E-state index in [4.69, 9.17) is 9.47 Å². The van der Waals surface area contributed by atoms with E-state index >= 15 is 0 Å². The molecule has 0 radical (unpaired) electrons. The van der Waals surface area contributed by atoms with E-state index in [1.807, 2.05) is 18.2 Å². The maximum atomic E-state index is 13.3. The first-order valence-corrected chi connectivity index (χ1v) is 11.6. The monoisotopic (exact) mass is 430 g/mol. The van der Waals surface area contributed by atoms with Gasteiger partial charge in [0, 0.05) is 26.4 Å². The SMILES string of the molecule is CC(=O)NCc1ccc(S(=O)(=O)N2CCCC2c2ccc3c(c2)OCCCO3)cc1. The normalized spacial score (nSPS) is 19.3. The molecule has 2 aliphatic heterocycles. The second-order valence-electron chi connectivity index (χ2n) is 7.58. The Hall–Kier alpha value is -2.58. The van der Waals surface area contributed by atoms with Crippen LogP contribution in [0.25, 0.3) is 0 Å². The van der Waals surface area contributed by atoms with Crippen molar-refractivity contribution in [2.24, 2.45) is 0 Å². The summed E-state index contributed by atoms with van der Waals surface area (Å²) in [6, 6.07) is 12.2. The van der Waals surface area contributed by atoms with Gasteiger partial charge in [0.1, 0.15) is 0 Å². The van der Waals surface area contributed by atoms with Crippen LogP contribution in [-0.2, 0) is 21.4 Å². The van der Waals surface area contributed by atoms with E-state index in [2.05, 4.69) is 5.32 Å². The maximum Gasteiger partial charge on any atom is 0.243 e. The van der Waals surface area contributed by atoms with Gasteiger partial charge in [-0.25, -0.2) is 8.42 Å². The Bertz CT molecular complexity index is 1020. The van der Waals surface area contributed by atoms with Crippen LogP contribution >= 0.6 is 0 Å². The first-order chi connectivity index (χ1) is 14.4. The summed E-state index contributed by atoms with van der Waals surface area (Å²) in [5, 5.41) is 2.71. The third-order valence-electron chi connectivity index (χ3n) is 5.43. The zero-order valence-corrected chi connectivity index (χ0v) is 17.8. The molecule has 7 nitrogen and oxygen atoms in total. The zero-order chi connectivity index (χ0) is 21.1. The molecule has 1 saturated heterocycles. The number of sulfonamides is 1. The molecule has 2 aromatic carbocycles. The fraction of sp³-hybridized carbons (Fsp3) is 0.409. The molecule has 4 rings (SSSR count). The number of carbonyl (C=O) groups excluding carboxylic acids is 1. The summed E-state index contributed by atoms with van der Waals surface area (Å²) >= 11 is 0. The second-order valence-corrected chi connectivity index (χ2v) is 9.47. The lowest BCUT2D eigenvalue weighted by atomic mass is 10.0. The Kier molecular flexibility index (Phi) is 5.97. The van der Waals surface area contributed by atoms with Crippen molar-refractivity contribution in [3.63, 3.8) is 0 Å². The van der Waals surface area contributed by atoms with Gasteiger partial charge in [0.15, 0.2) is 11.5 Å². The Labute approximate surface area is 177 Å². The number of nitrogens with zero attached hydrogens (tertiary/aromatic N) is 1. The van der Waals surface area contributed by atoms with Gasteiger partial charge >= 0.3 is 0 Å². The summed E-state index contributed by atoms with van der Waals surface area (Å²) in [5.74, 6) is 1.26. The molecule has 0 spiro atoms. The van der Waals surface area contributed by atoms with Crippen LogP contribution in [0.3, 0.4) is 0 Å². The van der Waals surface area contributed by atoms with Gasteiger partial charge in [-0.3, -0.25) is 4.79 Å². The Morgan fingerprint density at radius 3 is 2.53 bits per heavy atom. The summed E-state index contributed by atoms with van der Waals surface area (Å²) in [7, 11) is -3.64. The smallest absolute Gasteiger partial charge is 0.243 e. The van der Waals surface area contributed by atoms with E-state index in [9.17, 15) is 13.2 Å². The van der Waals surface area contributed by atoms with Crippen LogP contribution in [-0.4, -0.2) is 38.4 Å². The Balaban J connectivity index is 1.56. The summed E-state index contributed by atoms with van der Waals surface area (Å²) in [6.45, 7) is 3.52. The van der Waals surface area contributed by atoms with Crippen molar-refractivity contribution in [3.8, 4) is 11.5 Å². The van der Waals surface area contributed by atoms with Crippen LogP contribution in [0.4, 0.5) is 0 Å². The van der Waals surface area contributed by atoms with Crippen molar-refractivity contribution >= 4 is 15.9 Å². The van der Waals surface area contributed by atoms with E-state index in [1.54, 1.807) is 28.6 Å². The van der Waals surface area contributed by atoms with Crippen molar-refractivity contribution in [1.82, 2.24) is 9.62 Å². The molecule has 1 N–H and O–H groups in total. The number of ether oxygens (including phenoxy) is 2. The first kappa shape index (κ1) is 20.7. The first-order valence-electron chi connectivity index (χ1n) is 10.2. The van der Waals surface area contributed by atoms with Crippen molar-refractivity contribution < 1.29 is 22.7 Å². The van der Waals surface area contributed by atoms with Gasteiger partial charge in [0.2, 0.25) is 15.9 Å². The highest BCUT2D eigenvalue weighted by Crippen LogP contribution is 2.40. The molecule has 0 bridgehead atoms. The third-order valence-corrected chi connectivity index (χ3v) is 7.35. The van der Waals surface area contributed by atoms with Crippen LogP contribution in [0.15, 0.2) is 47.4 Å². The number of hydrogen-bond donors (Lipinski definition) is 1. The molecular formula is C22H26N2O5S. The Morgan fingerprint density at radius 2 is 1.80 bits per heavy atom. The molecular weight excluding hydrogens is 404 g/mol. The summed E-state index contributed by atoms with van der Waals surface area (Å²) in [4.78, 5) is 11.3. The minimum atomic E-state index is -3.64. The van der Waals surface area contributed by atoms with Gasteiger partial charge in [0.05, 0.1) is 24.2 Å². The summed E-state index contributed by atoms with van der Waals surface area (Å²) in [6.07, 6.45) is 2.39. The van der Waals surface area contributed by atoms with Crippen molar-refractivity contribution in [2.45, 2.75) is 43.7 Å². The molecule has 2 heterocycles. The minimum absolute atomic E-state index is 0.123. The van der Waals surface area contributed by atoms with Crippen LogP contribution in [0.1, 0.15) is 43.4 Å². The van der Waals surface area contributed by atoms with E-state index in [0.29, 0.717) is 37.8 Å². The number of rotatable bonds is 5. The van der Waals surface area contributed by atoms with Gasteiger partial charge in [-0.1, -0.05) is 18.2 Å². The quantitative estimate of drug-likeness (QED) is 0.788. The van der Waals surface area contributed by atoms with Gasteiger partial charge in [-0.05, 0) is 48.2 Å². The molecule has 1 atom stereocenters. The predicted molar refractivity (Wildman–Crippen MR) is 112 cm³/mol. The highest BCUT2D eigenvalue weighted by molar-refractivity contribution is 7.89. The lowest BCUT2D eigenvalue weighted by Gasteiger charge is -2.25. The number of nitrogens with one attached hydrogen (secondary N) is 1. The van der Waals surface area contributed by atoms with Gasteiger partial charge < -0.3 is 14.8 Å². The lowest BCUT2D eigenvalue weighted by Crippen LogP contribution is -2.30. The molecule has 2 aliphatic rings. The van der Waals surface area contributed by atoms with Crippen molar-refractivity contribution in [1.29, 1.82) is 0 Å². The molecule has 1 unspecified atom stereocenters. The third kappa shape index (κ3) is 4.29. The average molecular weight is 431 g/mol. The molecule has 0 aliphatic carbocycles. The zero-order valence-electron chi connectivity index (χ0n) is 17.0. The molecule has 160 valence electrons. The molecule has 2 aromatic rings. The summed E-state index contributed by atoms with van der Waals surface area (Å²) in [5.41, 5.74) is 1.77. The fourth-order valence-electron chi connectivity index (χ4n) is 3.89. The molecule has 0 aromatic heterocycles. The van der Waals surface area contributed by atoms with Gasteiger partial charge in [0.25, 0.3) is 0 Å². The summed E-state index contributed by atoms with van der Waals surface area (Å²) < 4.78 is 39.7. The number of hydrogen-bond acceptors (Lipinski definition) is 5. The Morgan fingerprint density at radius 1 is 1.07 bits per heavy atom. The van der Waals surface area contributed by atoms with E-state index in [0.717, 1.165) is 30.4 Å².